The van der Waals surface area contributed by atoms with Gasteiger partial charge in [-0.15, -0.1) is 0 Å². The number of nitrogens with zero attached hydrogens (tertiary/aromatic N) is 2. The fourth-order valence-corrected chi connectivity index (χ4v) is 9.18. The highest BCUT2D eigenvalue weighted by Crippen LogP contribution is 2.51. The Morgan fingerprint density at radius 2 is 1.65 bits per heavy atom. The van der Waals surface area contributed by atoms with Gasteiger partial charge in [0.25, 0.3) is 11.7 Å². The molecule has 0 spiro atoms. The number of hydrogen-bond acceptors (Lipinski definition) is 16. The van der Waals surface area contributed by atoms with E-state index < -0.39 is 94.5 Å². The van der Waals surface area contributed by atoms with Crippen LogP contribution in [-0.2, 0) is 23.8 Å². The van der Waals surface area contributed by atoms with Crippen molar-refractivity contribution in [2.24, 2.45) is 23.7 Å². The van der Waals surface area contributed by atoms with Gasteiger partial charge in [-0.05, 0) is 32.8 Å². The van der Waals surface area contributed by atoms with Crippen LogP contribution in [0, 0.1) is 30.6 Å². The molecule has 5 aliphatic rings. The number of nitrogens with one attached hydrogen (secondary N) is 1. The second-order valence-corrected chi connectivity index (χ2v) is 17.8. The van der Waals surface area contributed by atoms with Crippen molar-refractivity contribution in [1.82, 2.24) is 4.98 Å². The number of hydrogen-bond donors (Lipinski definition) is 6. The number of amides is 1. The molecule has 4 heterocycles. The second kappa shape index (κ2) is 18.1. The number of carbonyl (C=O) groups excluding carboxylic acids is 3. The summed E-state index contributed by atoms with van der Waals surface area (Å²) < 4.78 is 30.3. The van der Waals surface area contributed by atoms with Crippen LogP contribution >= 0.6 is 0 Å². The number of aromatic hydroxyl groups is 2. The summed E-state index contributed by atoms with van der Waals surface area (Å²) in [5, 5.41) is 58.5. The van der Waals surface area contributed by atoms with E-state index in [-0.39, 0.29) is 61.5 Å². The van der Waals surface area contributed by atoms with Crippen molar-refractivity contribution < 1.29 is 63.3 Å². The Bertz CT molecular complexity index is 2660. The molecule has 1 unspecified atom stereocenters. The number of fused-ring (bicyclic) bond motifs is 2. The molecule has 0 saturated carbocycles. The number of aromatic nitrogens is 1. The minimum absolute atomic E-state index is 0.0141. The number of aliphatic hydroxyl groups excluding tert-OH is 3. The zero-order valence-electron chi connectivity index (χ0n) is 37.9. The van der Waals surface area contributed by atoms with Gasteiger partial charge in [0.2, 0.25) is 5.43 Å². The Balaban J connectivity index is 1.45. The number of esters is 1. The molecule has 4 aliphatic heterocycles. The number of allylic oxidation sites excluding steroid dienone is 2. The molecule has 0 radical (unpaired) electrons. The van der Waals surface area contributed by atoms with Gasteiger partial charge in [-0.1, -0.05) is 45.9 Å². The van der Waals surface area contributed by atoms with E-state index in [1.165, 1.54) is 59.3 Å². The molecule has 7 rings (SSSR count). The number of anilines is 2. The number of rotatable bonds is 3. The van der Waals surface area contributed by atoms with Crippen LogP contribution in [0.25, 0.3) is 33.3 Å². The summed E-state index contributed by atoms with van der Waals surface area (Å²) in [5.41, 5.74) is -0.971. The van der Waals surface area contributed by atoms with Crippen LogP contribution in [-0.4, -0.2) is 105 Å². The molecule has 348 valence electrons. The number of methoxy groups -OCH3 is 1. The molecule has 17 nitrogen and oxygen atoms in total. The van der Waals surface area contributed by atoms with E-state index in [2.05, 4.69) is 5.32 Å². The van der Waals surface area contributed by atoms with Crippen LogP contribution in [0.5, 0.6) is 17.2 Å². The fraction of sp³-hybridized carbons (Fsp3) is 0.479. The topological polar surface area (TPSA) is 248 Å². The standard InChI is InChI=1S/C48H57N3O14/c1-21-11-10-12-22(2)47(60)50-38-42(58)34-33(37-45(38)64-32-20-28(19-30(54)36(32)49-37)51-16-13-29(53)14-17-51)35-44(26(6)41(34)57)65-48(8,46(35)59)62-18-15-31(61-9)23(3)43(63-27(7)52)25(5)40(56)24(4)39(21)55/h10-12,15,18-21,23-25,29,31,39-40,43,53-57H,13-14,16-17H2,1-9H3,(H,50,60)/b11-10+,18-15+,22-12-/t21-,23+,24+,25+,31-,39-,40?,43+,48-/m0/s1. The fourth-order valence-electron chi connectivity index (χ4n) is 9.18. The molecule has 65 heavy (non-hydrogen) atoms. The summed E-state index contributed by atoms with van der Waals surface area (Å²) in [6.45, 7) is 13.4. The van der Waals surface area contributed by atoms with Gasteiger partial charge in [-0.3, -0.25) is 19.2 Å². The average Bonchev–Trinajstić information content (AvgIpc) is 3.54. The number of benzene rings is 3. The number of aliphatic hydroxyl groups is 3. The number of phenolic OH excluding ortho intramolecular Hbond substituents is 2. The number of ether oxygens (including phenoxy) is 4. The predicted molar refractivity (Wildman–Crippen MR) is 240 cm³/mol. The Kier molecular flexibility index (Phi) is 13.1. The van der Waals surface area contributed by atoms with E-state index in [0.717, 1.165) is 0 Å². The predicted octanol–water partition coefficient (Wildman–Crippen LogP) is 5.62. The van der Waals surface area contributed by atoms with E-state index in [4.69, 9.17) is 28.3 Å². The number of Topliss-reactive ketones (excluding diaryl/α,β-unsaturated/α-hetero) is 1. The summed E-state index contributed by atoms with van der Waals surface area (Å²) in [7, 11) is 1.43. The summed E-state index contributed by atoms with van der Waals surface area (Å²) in [6.07, 6.45) is 3.93. The molecule has 1 amide bonds. The molecule has 2 aromatic rings. The molecule has 1 fully saturated rings. The number of piperidine rings is 1. The van der Waals surface area contributed by atoms with Crippen LogP contribution in [0.1, 0.15) is 77.2 Å². The van der Waals surface area contributed by atoms with E-state index in [1.54, 1.807) is 45.9 Å². The monoisotopic (exact) mass is 899 g/mol. The lowest BCUT2D eigenvalue weighted by atomic mass is 9.78. The zero-order valence-corrected chi connectivity index (χ0v) is 37.9. The molecule has 17 heteroatoms. The van der Waals surface area contributed by atoms with E-state index in [1.807, 2.05) is 4.90 Å². The van der Waals surface area contributed by atoms with Crippen LogP contribution in [0.2, 0.25) is 0 Å². The van der Waals surface area contributed by atoms with Crippen molar-refractivity contribution in [3.63, 3.8) is 0 Å². The smallest absolute Gasteiger partial charge is 0.312 e. The normalized spacial score (nSPS) is 30.2. The molecule has 1 saturated heterocycles. The van der Waals surface area contributed by atoms with Crippen molar-refractivity contribution in [1.29, 1.82) is 0 Å². The van der Waals surface area contributed by atoms with Gasteiger partial charge in [0, 0.05) is 92.1 Å². The Hall–Kier alpha value is -6.01. The summed E-state index contributed by atoms with van der Waals surface area (Å²) in [6, 6.07) is 3.12. The maximum absolute atomic E-state index is 14.8. The lowest BCUT2D eigenvalue weighted by molar-refractivity contribution is -0.160. The highest BCUT2D eigenvalue weighted by atomic mass is 16.7. The van der Waals surface area contributed by atoms with Crippen LogP contribution < -0.4 is 20.4 Å². The lowest BCUT2D eigenvalue weighted by Gasteiger charge is -2.38. The molecule has 4 bridgehead atoms. The average molecular weight is 900 g/mol. The number of ketones is 1. The summed E-state index contributed by atoms with van der Waals surface area (Å²) in [5.74, 6) is -8.03. The van der Waals surface area contributed by atoms with E-state index in [0.29, 0.717) is 31.6 Å². The highest BCUT2D eigenvalue weighted by molar-refractivity contribution is 6.22. The lowest BCUT2D eigenvalue weighted by Crippen LogP contribution is -2.46. The van der Waals surface area contributed by atoms with Crippen LogP contribution in [0.4, 0.5) is 11.4 Å². The first-order valence-corrected chi connectivity index (χ1v) is 21.8. The first kappa shape index (κ1) is 47.0. The summed E-state index contributed by atoms with van der Waals surface area (Å²) in [4.78, 5) is 62.6. The van der Waals surface area contributed by atoms with Gasteiger partial charge in [0.05, 0.1) is 41.6 Å². The molecule has 0 aromatic heterocycles. The van der Waals surface area contributed by atoms with Crippen molar-refractivity contribution in [2.75, 3.05) is 30.4 Å². The Labute approximate surface area is 375 Å². The Morgan fingerprint density at radius 1 is 0.954 bits per heavy atom. The first-order chi connectivity index (χ1) is 30.7. The van der Waals surface area contributed by atoms with Crippen molar-refractivity contribution in [3.8, 4) is 28.7 Å². The van der Waals surface area contributed by atoms with Crippen molar-refractivity contribution in [2.45, 2.75) is 105 Å². The van der Waals surface area contributed by atoms with Crippen LogP contribution in [0.15, 0.2) is 57.5 Å². The maximum atomic E-state index is 14.8. The SMILES string of the molecule is CO[C@H]1/C=C/O[C@@]2(C)Oc3c(C)c(O)c4c(=O)c(c5oc6cc(N7CCC(O)CC7)cc(O)c6nc-5c4c3C2=O)NC(=O)/C(C)=C\C=C\[C@H](C)[C@H](O)[C@@H](C)C(O)[C@@H](C)[C@H](OC(C)=O)[C@@H]1C. The zero-order chi connectivity index (χ0) is 47.4. The third-order valence-corrected chi connectivity index (χ3v) is 13.2. The third kappa shape index (κ3) is 8.53. The minimum atomic E-state index is -2.09. The molecule has 1 aliphatic carbocycles. The van der Waals surface area contributed by atoms with E-state index >= 15 is 0 Å². The van der Waals surface area contributed by atoms with Crippen molar-refractivity contribution in [3.05, 3.63) is 69.6 Å². The van der Waals surface area contributed by atoms with Gasteiger partial charge in [-0.25, -0.2) is 4.98 Å². The molecular formula is C48H57N3O14. The molecule has 2 aromatic carbocycles. The van der Waals surface area contributed by atoms with Gasteiger partial charge < -0.3 is 59.1 Å². The van der Waals surface area contributed by atoms with Gasteiger partial charge in [0.1, 0.15) is 40.3 Å². The van der Waals surface area contributed by atoms with Gasteiger partial charge in [-0.2, -0.15) is 0 Å². The second-order valence-electron chi connectivity index (χ2n) is 17.8. The van der Waals surface area contributed by atoms with Crippen LogP contribution in [0.3, 0.4) is 0 Å². The van der Waals surface area contributed by atoms with E-state index in [9.17, 15) is 44.7 Å². The van der Waals surface area contributed by atoms with Gasteiger partial charge in [0.15, 0.2) is 11.3 Å². The Morgan fingerprint density at radius 3 is 2.31 bits per heavy atom. The number of carbonyl (C=O) groups is 3. The highest BCUT2D eigenvalue weighted by Gasteiger charge is 2.50. The van der Waals surface area contributed by atoms with Crippen molar-refractivity contribution >= 4 is 50.9 Å². The first-order valence-electron chi connectivity index (χ1n) is 21.8. The summed E-state index contributed by atoms with van der Waals surface area (Å²) >= 11 is 0. The molecular weight excluding hydrogens is 843 g/mol. The third-order valence-electron chi connectivity index (χ3n) is 13.2. The largest absolute Gasteiger partial charge is 0.507 e. The molecule has 9 atom stereocenters. The molecule has 6 N–H and O–H groups in total. The number of phenols is 2. The minimum Gasteiger partial charge on any atom is -0.507 e. The quantitative estimate of drug-likeness (QED) is 0.0830. The van der Waals surface area contributed by atoms with Gasteiger partial charge >= 0.3 is 11.8 Å². The maximum Gasteiger partial charge on any atom is 0.312 e.